The molecule has 0 radical (unpaired) electrons. The van der Waals surface area contributed by atoms with Crippen LogP contribution in [0.1, 0.15) is 5.56 Å². The van der Waals surface area contributed by atoms with Crippen LogP contribution in [0.5, 0.6) is 10.9 Å². The van der Waals surface area contributed by atoms with Crippen molar-refractivity contribution in [3.05, 3.63) is 45.5 Å². The normalized spacial score (nSPS) is 10.4. The quantitative estimate of drug-likeness (QED) is 0.525. The summed E-state index contributed by atoms with van der Waals surface area (Å²) in [7, 11) is 0. The Morgan fingerprint density at radius 1 is 1.30 bits per heavy atom. The maximum absolute atomic E-state index is 8.90. The van der Waals surface area contributed by atoms with Gasteiger partial charge in [-0.1, -0.05) is 23.5 Å². The highest BCUT2D eigenvalue weighted by Gasteiger charge is 2.12. The number of para-hydroxylation sites is 1. The largest absolute Gasteiger partial charge is 0.428 e. The van der Waals surface area contributed by atoms with Crippen LogP contribution in [-0.2, 0) is 0 Å². The number of aromatic nitrogens is 1. The van der Waals surface area contributed by atoms with E-state index in [1.807, 2.05) is 24.3 Å². The molecule has 0 aliphatic rings. The first-order valence-electron chi connectivity index (χ1n) is 5.70. The van der Waals surface area contributed by atoms with Crippen molar-refractivity contribution < 1.29 is 4.74 Å². The second-order valence-corrected chi connectivity index (χ2v) is 6.19. The van der Waals surface area contributed by atoms with Crippen LogP contribution < -0.4 is 10.5 Å². The van der Waals surface area contributed by atoms with Crippen molar-refractivity contribution in [2.75, 3.05) is 5.73 Å². The number of fused-ring (bicyclic) bond motifs is 1. The first kappa shape index (κ1) is 13.1. The van der Waals surface area contributed by atoms with Gasteiger partial charge in [-0.2, -0.15) is 5.26 Å². The fraction of sp³-hybridized carbons (Fsp3) is 0. The van der Waals surface area contributed by atoms with Crippen molar-refractivity contribution in [3.8, 4) is 17.0 Å². The topological polar surface area (TPSA) is 71.9 Å². The molecule has 4 nitrogen and oxygen atoms in total. The Labute approximate surface area is 133 Å². The SMILES string of the molecule is N#Cc1cc(N)c(Oc2nc3ccccc3s2)c(I)c1. The Balaban J connectivity index is 2.01. The molecule has 0 unspecified atom stereocenters. The molecule has 0 bridgehead atoms. The minimum Gasteiger partial charge on any atom is -0.428 e. The molecule has 2 N–H and O–H groups in total. The van der Waals surface area contributed by atoms with Crippen LogP contribution in [0.15, 0.2) is 36.4 Å². The second-order valence-electron chi connectivity index (χ2n) is 4.04. The number of anilines is 1. The third-order valence-corrected chi connectivity index (χ3v) is 4.38. The summed E-state index contributed by atoms with van der Waals surface area (Å²) in [5.74, 6) is 0.545. The van der Waals surface area contributed by atoms with Gasteiger partial charge >= 0.3 is 0 Å². The van der Waals surface area contributed by atoms with Crippen LogP contribution >= 0.6 is 33.9 Å². The van der Waals surface area contributed by atoms with Gasteiger partial charge in [-0.25, -0.2) is 4.98 Å². The lowest BCUT2D eigenvalue weighted by molar-refractivity contribution is 0.479. The fourth-order valence-corrected chi connectivity index (χ4v) is 3.35. The Morgan fingerprint density at radius 3 is 2.80 bits per heavy atom. The van der Waals surface area contributed by atoms with Crippen molar-refractivity contribution in [2.45, 2.75) is 0 Å². The lowest BCUT2D eigenvalue weighted by Crippen LogP contribution is -1.95. The predicted octanol–water partition coefficient (Wildman–Crippen LogP) is 4.15. The van der Waals surface area contributed by atoms with E-state index < -0.39 is 0 Å². The minimum atomic E-state index is 0.438. The molecular weight excluding hydrogens is 385 g/mol. The molecule has 0 saturated heterocycles. The number of halogens is 1. The molecule has 3 rings (SSSR count). The molecule has 0 spiro atoms. The van der Waals surface area contributed by atoms with E-state index in [0.717, 1.165) is 13.8 Å². The molecule has 1 aromatic heterocycles. The molecule has 20 heavy (non-hydrogen) atoms. The number of nitrogens with two attached hydrogens (primary N) is 1. The number of nitrogen functional groups attached to an aromatic ring is 1. The summed E-state index contributed by atoms with van der Waals surface area (Å²) < 4.78 is 7.64. The lowest BCUT2D eigenvalue weighted by atomic mass is 10.2. The van der Waals surface area contributed by atoms with Gasteiger partial charge in [0.2, 0.25) is 0 Å². The molecule has 0 aliphatic heterocycles. The molecule has 1 heterocycles. The molecule has 0 fully saturated rings. The number of nitriles is 1. The number of hydrogen-bond acceptors (Lipinski definition) is 5. The highest BCUT2D eigenvalue weighted by atomic mass is 127. The number of hydrogen-bond donors (Lipinski definition) is 1. The first-order valence-corrected chi connectivity index (χ1v) is 7.59. The average Bonchev–Trinajstić information content (AvgIpc) is 2.85. The third kappa shape index (κ3) is 2.42. The molecule has 3 aromatic rings. The van der Waals surface area contributed by atoms with Gasteiger partial charge < -0.3 is 10.5 Å². The third-order valence-electron chi connectivity index (χ3n) is 2.67. The van der Waals surface area contributed by atoms with E-state index in [9.17, 15) is 0 Å². The Morgan fingerprint density at radius 2 is 2.10 bits per heavy atom. The zero-order valence-corrected chi connectivity index (χ0v) is 13.1. The van der Waals surface area contributed by atoms with E-state index in [0.29, 0.717) is 22.2 Å². The molecule has 98 valence electrons. The Hall–Kier alpha value is -1.85. The number of ether oxygens (including phenoxy) is 1. The van der Waals surface area contributed by atoms with Crippen LogP contribution in [0, 0.1) is 14.9 Å². The standard InChI is InChI=1S/C14H8IN3OS/c15-9-5-8(7-16)6-10(17)13(9)19-14-18-11-3-1-2-4-12(11)20-14/h1-6H,17H2. The van der Waals surface area contributed by atoms with Crippen LogP contribution in [-0.4, -0.2) is 4.98 Å². The van der Waals surface area contributed by atoms with Crippen LogP contribution in [0.25, 0.3) is 10.2 Å². The zero-order valence-electron chi connectivity index (χ0n) is 10.1. The number of thiazole rings is 1. The number of nitrogens with zero attached hydrogens (tertiary/aromatic N) is 2. The van der Waals surface area contributed by atoms with Gasteiger partial charge in [-0.3, -0.25) is 0 Å². The highest BCUT2D eigenvalue weighted by molar-refractivity contribution is 14.1. The minimum absolute atomic E-state index is 0.438. The number of rotatable bonds is 2. The summed E-state index contributed by atoms with van der Waals surface area (Å²) in [5.41, 5.74) is 7.79. The summed E-state index contributed by atoms with van der Waals surface area (Å²) in [4.78, 5) is 4.41. The van der Waals surface area contributed by atoms with Crippen LogP contribution in [0.3, 0.4) is 0 Å². The summed E-state index contributed by atoms with van der Waals surface area (Å²) in [6, 6.07) is 13.2. The van der Waals surface area contributed by atoms with Crippen molar-refractivity contribution in [2.24, 2.45) is 0 Å². The van der Waals surface area contributed by atoms with Crippen LogP contribution in [0.2, 0.25) is 0 Å². The van der Waals surface area contributed by atoms with E-state index in [1.54, 1.807) is 12.1 Å². The highest BCUT2D eigenvalue weighted by Crippen LogP contribution is 2.36. The van der Waals surface area contributed by atoms with Gasteiger partial charge in [0.25, 0.3) is 5.19 Å². The van der Waals surface area contributed by atoms with Crippen molar-refractivity contribution >= 4 is 49.8 Å². The lowest BCUT2D eigenvalue weighted by Gasteiger charge is -2.08. The molecule has 0 atom stereocenters. The maximum atomic E-state index is 8.90. The fourth-order valence-electron chi connectivity index (χ4n) is 1.77. The summed E-state index contributed by atoms with van der Waals surface area (Å²) in [6.07, 6.45) is 0. The summed E-state index contributed by atoms with van der Waals surface area (Å²) in [6.45, 7) is 0. The van der Waals surface area contributed by atoms with Gasteiger partial charge in [0.15, 0.2) is 5.75 Å². The molecule has 2 aromatic carbocycles. The predicted molar refractivity (Wildman–Crippen MR) is 88.0 cm³/mol. The van der Waals surface area contributed by atoms with Gasteiger partial charge in [0.05, 0.1) is 31.1 Å². The Kier molecular flexibility index (Phi) is 3.46. The Bertz CT molecular complexity index is 782. The molecule has 6 heteroatoms. The van der Waals surface area contributed by atoms with Crippen molar-refractivity contribution in [1.29, 1.82) is 5.26 Å². The maximum Gasteiger partial charge on any atom is 0.279 e. The van der Waals surface area contributed by atoms with Crippen molar-refractivity contribution in [1.82, 2.24) is 4.98 Å². The van der Waals surface area contributed by atoms with Gasteiger partial charge in [-0.15, -0.1) is 0 Å². The van der Waals surface area contributed by atoms with E-state index in [-0.39, 0.29) is 0 Å². The monoisotopic (exact) mass is 393 g/mol. The second kappa shape index (κ2) is 5.26. The van der Waals surface area contributed by atoms with Gasteiger partial charge in [-0.05, 0) is 46.9 Å². The van der Waals surface area contributed by atoms with E-state index >= 15 is 0 Å². The summed E-state index contributed by atoms with van der Waals surface area (Å²) in [5, 5.41) is 9.44. The van der Waals surface area contributed by atoms with E-state index in [2.05, 4.69) is 33.6 Å². The zero-order chi connectivity index (χ0) is 14.1. The average molecular weight is 393 g/mol. The molecule has 0 amide bonds. The first-order chi connectivity index (χ1) is 9.67. The molecule has 0 aliphatic carbocycles. The van der Waals surface area contributed by atoms with Crippen LogP contribution in [0.4, 0.5) is 5.69 Å². The summed E-state index contributed by atoms with van der Waals surface area (Å²) >= 11 is 3.56. The molecule has 0 saturated carbocycles. The smallest absolute Gasteiger partial charge is 0.279 e. The van der Waals surface area contributed by atoms with Crippen molar-refractivity contribution in [3.63, 3.8) is 0 Å². The van der Waals surface area contributed by atoms with Gasteiger partial charge in [0, 0.05) is 0 Å². The van der Waals surface area contributed by atoms with E-state index in [4.69, 9.17) is 15.7 Å². The molecular formula is C14H8IN3OS. The van der Waals surface area contributed by atoms with Gasteiger partial charge in [0.1, 0.15) is 0 Å². The number of benzene rings is 2. The van der Waals surface area contributed by atoms with E-state index in [1.165, 1.54) is 11.3 Å².